The number of guanidine groups is 1. The third-order valence-electron chi connectivity index (χ3n) is 3.37. The lowest BCUT2D eigenvalue weighted by Crippen LogP contribution is -2.41. The summed E-state index contributed by atoms with van der Waals surface area (Å²) in [7, 11) is 0. The SMILES string of the molecule is I.NC(=NCCCn1ccnc1)NC1CCCCC1. The zero-order valence-electron chi connectivity index (χ0n) is 11.3. The Morgan fingerprint density at radius 3 is 2.84 bits per heavy atom. The van der Waals surface area contributed by atoms with Crippen LogP contribution >= 0.6 is 24.0 Å². The van der Waals surface area contributed by atoms with E-state index in [0.29, 0.717) is 12.0 Å². The second-order valence-electron chi connectivity index (χ2n) is 4.90. The van der Waals surface area contributed by atoms with Gasteiger partial charge in [0.05, 0.1) is 6.33 Å². The first-order valence-electron chi connectivity index (χ1n) is 6.87. The highest BCUT2D eigenvalue weighted by molar-refractivity contribution is 14.0. The molecule has 6 heteroatoms. The molecule has 1 fully saturated rings. The van der Waals surface area contributed by atoms with Gasteiger partial charge in [0.25, 0.3) is 0 Å². The van der Waals surface area contributed by atoms with Gasteiger partial charge in [0.1, 0.15) is 0 Å². The largest absolute Gasteiger partial charge is 0.370 e. The molecule has 3 N–H and O–H groups in total. The van der Waals surface area contributed by atoms with E-state index in [-0.39, 0.29) is 24.0 Å². The molecule has 0 amide bonds. The Morgan fingerprint density at radius 1 is 1.37 bits per heavy atom. The molecule has 0 aromatic carbocycles. The first-order valence-corrected chi connectivity index (χ1v) is 6.87. The molecule has 5 nitrogen and oxygen atoms in total. The van der Waals surface area contributed by atoms with Crippen LogP contribution in [0.5, 0.6) is 0 Å². The van der Waals surface area contributed by atoms with E-state index in [4.69, 9.17) is 5.73 Å². The Kier molecular flexibility index (Phi) is 7.85. The van der Waals surface area contributed by atoms with Crippen LogP contribution in [0.4, 0.5) is 0 Å². The van der Waals surface area contributed by atoms with E-state index >= 15 is 0 Å². The van der Waals surface area contributed by atoms with Gasteiger partial charge >= 0.3 is 0 Å². The molecule has 0 atom stereocenters. The highest BCUT2D eigenvalue weighted by atomic mass is 127. The quantitative estimate of drug-likeness (QED) is 0.358. The zero-order chi connectivity index (χ0) is 12.6. The van der Waals surface area contributed by atoms with Gasteiger partial charge in [-0.05, 0) is 19.3 Å². The Labute approximate surface area is 132 Å². The molecule has 1 aromatic rings. The maximum atomic E-state index is 5.88. The standard InChI is InChI=1S/C13H23N5.HI/c14-13(17-12-5-2-1-3-6-12)16-7-4-9-18-10-8-15-11-18;/h8,10-12H,1-7,9H2,(H3,14,16,17);1H. The van der Waals surface area contributed by atoms with Crippen molar-refractivity contribution in [2.75, 3.05) is 6.54 Å². The number of imidazole rings is 1. The highest BCUT2D eigenvalue weighted by Crippen LogP contribution is 2.16. The number of aliphatic imine (C=N–C) groups is 1. The van der Waals surface area contributed by atoms with Gasteiger partial charge in [-0.15, -0.1) is 24.0 Å². The second-order valence-corrected chi connectivity index (χ2v) is 4.90. The third kappa shape index (κ3) is 6.26. The first kappa shape index (κ1) is 16.3. The van der Waals surface area contributed by atoms with Crippen LogP contribution in [0.3, 0.4) is 0 Å². The summed E-state index contributed by atoms with van der Waals surface area (Å²) in [5.41, 5.74) is 5.88. The molecular formula is C13H24IN5. The fourth-order valence-electron chi connectivity index (χ4n) is 2.37. The number of aromatic nitrogens is 2. The van der Waals surface area contributed by atoms with Gasteiger partial charge < -0.3 is 15.6 Å². The molecule has 1 aliphatic rings. The smallest absolute Gasteiger partial charge is 0.188 e. The van der Waals surface area contributed by atoms with Gasteiger partial charge in [0.15, 0.2) is 5.96 Å². The number of nitrogens with one attached hydrogen (secondary N) is 1. The van der Waals surface area contributed by atoms with Crippen molar-refractivity contribution in [3.05, 3.63) is 18.7 Å². The van der Waals surface area contributed by atoms with Crippen LogP contribution in [-0.4, -0.2) is 28.1 Å². The molecule has 0 spiro atoms. The van der Waals surface area contributed by atoms with E-state index in [2.05, 4.69) is 19.9 Å². The molecule has 1 saturated carbocycles. The van der Waals surface area contributed by atoms with E-state index < -0.39 is 0 Å². The van der Waals surface area contributed by atoms with Gasteiger partial charge in [0, 0.05) is 31.5 Å². The van der Waals surface area contributed by atoms with Crippen molar-refractivity contribution < 1.29 is 0 Å². The molecule has 0 saturated heterocycles. The molecule has 1 heterocycles. The van der Waals surface area contributed by atoms with Crippen LogP contribution in [0.1, 0.15) is 38.5 Å². The average molecular weight is 377 g/mol. The molecule has 0 radical (unpaired) electrons. The number of nitrogens with zero attached hydrogens (tertiary/aromatic N) is 3. The Bertz CT molecular complexity index is 357. The van der Waals surface area contributed by atoms with Crippen molar-refractivity contribution >= 4 is 29.9 Å². The summed E-state index contributed by atoms with van der Waals surface area (Å²) in [5, 5.41) is 3.32. The number of halogens is 1. The van der Waals surface area contributed by atoms with Crippen molar-refractivity contribution in [1.82, 2.24) is 14.9 Å². The fraction of sp³-hybridized carbons (Fsp3) is 0.692. The topological polar surface area (TPSA) is 68.2 Å². The molecule has 1 aliphatic carbocycles. The van der Waals surface area contributed by atoms with Gasteiger partial charge in [-0.1, -0.05) is 19.3 Å². The van der Waals surface area contributed by atoms with Crippen LogP contribution in [0, 0.1) is 0 Å². The molecule has 0 bridgehead atoms. The number of nitrogens with two attached hydrogens (primary N) is 1. The normalized spacial score (nSPS) is 16.9. The monoisotopic (exact) mass is 377 g/mol. The summed E-state index contributed by atoms with van der Waals surface area (Å²) in [6.07, 6.45) is 13.0. The van der Waals surface area contributed by atoms with Gasteiger partial charge in [-0.2, -0.15) is 0 Å². The predicted octanol–water partition coefficient (Wildman–Crippen LogP) is 2.13. The summed E-state index contributed by atoms with van der Waals surface area (Å²) in [5.74, 6) is 0.604. The molecule has 19 heavy (non-hydrogen) atoms. The second kappa shape index (κ2) is 9.17. The zero-order valence-corrected chi connectivity index (χ0v) is 13.6. The van der Waals surface area contributed by atoms with Gasteiger partial charge in [-0.25, -0.2) is 4.98 Å². The van der Waals surface area contributed by atoms with Gasteiger partial charge in [-0.3, -0.25) is 4.99 Å². The molecule has 108 valence electrons. The Balaban J connectivity index is 0.00000180. The van der Waals surface area contributed by atoms with Crippen LogP contribution in [0.15, 0.2) is 23.7 Å². The minimum Gasteiger partial charge on any atom is -0.370 e. The summed E-state index contributed by atoms with van der Waals surface area (Å²) in [6, 6.07) is 0.538. The van der Waals surface area contributed by atoms with Crippen LogP contribution in [-0.2, 0) is 6.54 Å². The van der Waals surface area contributed by atoms with E-state index in [1.807, 2.05) is 12.5 Å². The maximum Gasteiger partial charge on any atom is 0.188 e. The van der Waals surface area contributed by atoms with E-state index in [1.165, 1.54) is 32.1 Å². The fourth-order valence-corrected chi connectivity index (χ4v) is 2.37. The minimum absolute atomic E-state index is 0. The highest BCUT2D eigenvalue weighted by Gasteiger charge is 2.12. The number of hydrogen-bond donors (Lipinski definition) is 2. The maximum absolute atomic E-state index is 5.88. The van der Waals surface area contributed by atoms with Crippen LogP contribution < -0.4 is 11.1 Å². The van der Waals surface area contributed by atoms with Gasteiger partial charge in [0.2, 0.25) is 0 Å². The molecular weight excluding hydrogens is 353 g/mol. The summed E-state index contributed by atoms with van der Waals surface area (Å²) in [4.78, 5) is 8.37. The van der Waals surface area contributed by atoms with E-state index in [0.717, 1.165) is 19.5 Å². The van der Waals surface area contributed by atoms with Crippen molar-refractivity contribution in [2.45, 2.75) is 51.1 Å². The van der Waals surface area contributed by atoms with Crippen LogP contribution in [0.2, 0.25) is 0 Å². The Morgan fingerprint density at radius 2 is 2.16 bits per heavy atom. The van der Waals surface area contributed by atoms with Crippen molar-refractivity contribution in [2.24, 2.45) is 10.7 Å². The van der Waals surface area contributed by atoms with Crippen molar-refractivity contribution in [3.63, 3.8) is 0 Å². The number of aryl methyl sites for hydroxylation is 1. The summed E-state index contributed by atoms with van der Waals surface area (Å²) < 4.78 is 2.06. The van der Waals surface area contributed by atoms with Crippen molar-refractivity contribution in [3.8, 4) is 0 Å². The third-order valence-corrected chi connectivity index (χ3v) is 3.37. The molecule has 1 aromatic heterocycles. The molecule has 0 aliphatic heterocycles. The lowest BCUT2D eigenvalue weighted by atomic mass is 9.96. The lowest BCUT2D eigenvalue weighted by Gasteiger charge is -2.23. The Hall–Kier alpha value is -0.790. The predicted molar refractivity (Wildman–Crippen MR) is 88.8 cm³/mol. The van der Waals surface area contributed by atoms with Crippen molar-refractivity contribution in [1.29, 1.82) is 0 Å². The molecule has 2 rings (SSSR count). The summed E-state index contributed by atoms with van der Waals surface area (Å²) >= 11 is 0. The first-order chi connectivity index (χ1) is 8.84. The molecule has 0 unspecified atom stereocenters. The average Bonchev–Trinajstić information content (AvgIpc) is 2.89. The van der Waals surface area contributed by atoms with Crippen LogP contribution in [0.25, 0.3) is 0 Å². The lowest BCUT2D eigenvalue weighted by molar-refractivity contribution is 0.412. The number of hydrogen-bond acceptors (Lipinski definition) is 2. The van der Waals surface area contributed by atoms with E-state index in [1.54, 1.807) is 6.20 Å². The minimum atomic E-state index is 0. The summed E-state index contributed by atoms with van der Waals surface area (Å²) in [6.45, 7) is 1.71. The van der Waals surface area contributed by atoms with E-state index in [9.17, 15) is 0 Å². The number of rotatable bonds is 5.